The lowest BCUT2D eigenvalue weighted by atomic mass is 10.1. The fraction of sp³-hybridized carbons (Fsp3) is 0.583. The Morgan fingerprint density at radius 2 is 2.00 bits per heavy atom. The summed E-state index contributed by atoms with van der Waals surface area (Å²) in [6.45, 7) is 7.89. The van der Waals surface area contributed by atoms with Crippen LogP contribution in [0.25, 0.3) is 0 Å². The normalized spacial score (nSPS) is 12.9. The van der Waals surface area contributed by atoms with E-state index in [0.29, 0.717) is 6.54 Å². The molecule has 0 bridgehead atoms. The van der Waals surface area contributed by atoms with Crippen LogP contribution < -0.4 is 11.1 Å². The van der Waals surface area contributed by atoms with E-state index in [1.54, 1.807) is 33.2 Å². The monoisotopic (exact) mass is 252 g/mol. The molecule has 18 heavy (non-hydrogen) atoms. The van der Waals surface area contributed by atoms with E-state index in [2.05, 4.69) is 15.3 Å². The van der Waals surface area contributed by atoms with Crippen LogP contribution in [-0.4, -0.2) is 28.2 Å². The van der Waals surface area contributed by atoms with Gasteiger partial charge < -0.3 is 10.5 Å². The summed E-state index contributed by atoms with van der Waals surface area (Å²) in [4.78, 5) is 19.5. The highest BCUT2D eigenvalue weighted by Crippen LogP contribution is 2.13. The number of anilines is 1. The lowest BCUT2D eigenvalue weighted by Gasteiger charge is -2.19. The molecule has 0 fully saturated rings. The Labute approximate surface area is 107 Å². The number of carbonyl (C=O) groups is 1. The largest absolute Gasteiger partial charge is 0.444 e. The molecule has 1 aromatic rings. The molecule has 1 atom stereocenters. The standard InChI is InChI=1S/C12H20N4O2/c1-8(5-13)9-6-14-10(15-7-9)16-11(17)18-12(2,3)4/h6-8H,5,13H2,1-4H3,(H,14,15,16,17). The topological polar surface area (TPSA) is 90.1 Å². The Balaban J connectivity index is 2.61. The second-order valence-corrected chi connectivity index (χ2v) is 5.10. The Kier molecular flexibility index (Phi) is 4.61. The van der Waals surface area contributed by atoms with Crippen molar-refractivity contribution in [2.24, 2.45) is 5.73 Å². The van der Waals surface area contributed by atoms with Gasteiger partial charge in [0.1, 0.15) is 5.60 Å². The van der Waals surface area contributed by atoms with Crippen molar-refractivity contribution in [1.29, 1.82) is 0 Å². The zero-order valence-electron chi connectivity index (χ0n) is 11.2. The van der Waals surface area contributed by atoms with Crippen LogP contribution in [0.4, 0.5) is 10.7 Å². The van der Waals surface area contributed by atoms with Gasteiger partial charge >= 0.3 is 6.09 Å². The number of hydrogen-bond donors (Lipinski definition) is 2. The Bertz CT molecular complexity index is 398. The summed E-state index contributed by atoms with van der Waals surface area (Å²) in [5.41, 5.74) is 5.94. The maximum atomic E-state index is 11.5. The van der Waals surface area contributed by atoms with Crippen LogP contribution in [-0.2, 0) is 4.74 Å². The van der Waals surface area contributed by atoms with Crippen LogP contribution in [0.5, 0.6) is 0 Å². The van der Waals surface area contributed by atoms with Gasteiger partial charge in [0.2, 0.25) is 5.95 Å². The summed E-state index contributed by atoms with van der Waals surface area (Å²) in [5, 5.41) is 2.47. The van der Waals surface area contributed by atoms with Gasteiger partial charge in [-0.25, -0.2) is 14.8 Å². The van der Waals surface area contributed by atoms with Crippen molar-refractivity contribution in [2.75, 3.05) is 11.9 Å². The number of nitrogens with one attached hydrogen (secondary N) is 1. The molecule has 0 spiro atoms. The number of amides is 1. The average molecular weight is 252 g/mol. The fourth-order valence-electron chi connectivity index (χ4n) is 1.19. The molecule has 1 rings (SSSR count). The SMILES string of the molecule is CC(CN)c1cnc(NC(=O)OC(C)(C)C)nc1. The third-order valence-electron chi connectivity index (χ3n) is 2.21. The molecular formula is C12H20N4O2. The van der Waals surface area contributed by atoms with Crippen LogP contribution in [0.3, 0.4) is 0 Å². The minimum absolute atomic E-state index is 0.195. The van der Waals surface area contributed by atoms with Gasteiger partial charge in [-0.15, -0.1) is 0 Å². The van der Waals surface area contributed by atoms with E-state index in [9.17, 15) is 4.79 Å². The molecule has 0 saturated carbocycles. The average Bonchev–Trinajstić information content (AvgIpc) is 2.26. The van der Waals surface area contributed by atoms with Crippen LogP contribution >= 0.6 is 0 Å². The van der Waals surface area contributed by atoms with Crippen molar-refractivity contribution < 1.29 is 9.53 Å². The number of aromatic nitrogens is 2. The van der Waals surface area contributed by atoms with Crippen molar-refractivity contribution in [3.63, 3.8) is 0 Å². The summed E-state index contributed by atoms with van der Waals surface area (Å²) in [7, 11) is 0. The lowest BCUT2D eigenvalue weighted by molar-refractivity contribution is 0.0634. The molecule has 1 heterocycles. The molecular weight excluding hydrogens is 232 g/mol. The summed E-state index contributed by atoms with van der Waals surface area (Å²) >= 11 is 0. The number of nitrogens with two attached hydrogens (primary N) is 1. The molecule has 0 radical (unpaired) electrons. The van der Waals surface area contributed by atoms with Gasteiger partial charge in [-0.05, 0) is 38.8 Å². The predicted molar refractivity (Wildman–Crippen MR) is 69.4 cm³/mol. The minimum atomic E-state index is -0.567. The van der Waals surface area contributed by atoms with Gasteiger partial charge in [-0.3, -0.25) is 5.32 Å². The highest BCUT2D eigenvalue weighted by Gasteiger charge is 2.17. The van der Waals surface area contributed by atoms with Crippen molar-refractivity contribution in [1.82, 2.24) is 9.97 Å². The number of nitrogens with zero attached hydrogens (tertiary/aromatic N) is 2. The van der Waals surface area contributed by atoms with E-state index in [1.165, 1.54) is 0 Å². The molecule has 0 aliphatic carbocycles. The molecule has 100 valence electrons. The Morgan fingerprint density at radius 3 is 2.44 bits per heavy atom. The van der Waals surface area contributed by atoms with E-state index in [1.807, 2.05) is 6.92 Å². The molecule has 1 unspecified atom stereocenters. The second kappa shape index (κ2) is 5.77. The van der Waals surface area contributed by atoms with Crippen LogP contribution in [0.15, 0.2) is 12.4 Å². The second-order valence-electron chi connectivity index (χ2n) is 5.10. The first-order chi connectivity index (χ1) is 8.31. The van der Waals surface area contributed by atoms with E-state index in [4.69, 9.17) is 10.5 Å². The van der Waals surface area contributed by atoms with Gasteiger partial charge in [0.05, 0.1) is 0 Å². The fourth-order valence-corrected chi connectivity index (χ4v) is 1.19. The lowest BCUT2D eigenvalue weighted by Crippen LogP contribution is -2.27. The maximum Gasteiger partial charge on any atom is 0.414 e. The third kappa shape index (κ3) is 4.67. The summed E-state index contributed by atoms with van der Waals surface area (Å²) in [5.74, 6) is 0.415. The number of hydrogen-bond acceptors (Lipinski definition) is 5. The Hall–Kier alpha value is -1.69. The van der Waals surface area contributed by atoms with Gasteiger partial charge in [-0.1, -0.05) is 6.92 Å². The molecule has 0 aliphatic heterocycles. The first-order valence-corrected chi connectivity index (χ1v) is 5.84. The third-order valence-corrected chi connectivity index (χ3v) is 2.21. The molecule has 6 heteroatoms. The minimum Gasteiger partial charge on any atom is -0.444 e. The molecule has 0 aliphatic rings. The summed E-state index contributed by atoms with van der Waals surface area (Å²) in [6, 6.07) is 0. The van der Waals surface area contributed by atoms with Crippen LogP contribution in [0.1, 0.15) is 39.2 Å². The summed E-state index contributed by atoms with van der Waals surface area (Å²) < 4.78 is 5.09. The van der Waals surface area contributed by atoms with Gasteiger partial charge in [0.25, 0.3) is 0 Å². The Morgan fingerprint density at radius 1 is 1.44 bits per heavy atom. The molecule has 1 aromatic heterocycles. The van der Waals surface area contributed by atoms with Crippen molar-refractivity contribution in [3.05, 3.63) is 18.0 Å². The summed E-state index contributed by atoms with van der Waals surface area (Å²) in [6.07, 6.45) is 2.73. The molecule has 6 nitrogen and oxygen atoms in total. The molecule has 0 saturated heterocycles. The highest BCUT2D eigenvalue weighted by atomic mass is 16.6. The van der Waals surface area contributed by atoms with E-state index >= 15 is 0 Å². The predicted octanol–water partition coefficient (Wildman–Crippen LogP) is 1.89. The van der Waals surface area contributed by atoms with Crippen molar-refractivity contribution in [2.45, 2.75) is 39.2 Å². The molecule has 0 aromatic carbocycles. The zero-order chi connectivity index (χ0) is 13.8. The number of ether oxygens (including phenoxy) is 1. The van der Waals surface area contributed by atoms with Gasteiger partial charge in [0.15, 0.2) is 0 Å². The van der Waals surface area contributed by atoms with E-state index < -0.39 is 11.7 Å². The van der Waals surface area contributed by atoms with Crippen LogP contribution in [0, 0.1) is 0 Å². The highest BCUT2D eigenvalue weighted by molar-refractivity contribution is 5.82. The van der Waals surface area contributed by atoms with Crippen molar-refractivity contribution >= 4 is 12.0 Å². The zero-order valence-corrected chi connectivity index (χ0v) is 11.2. The number of carbonyl (C=O) groups excluding carboxylic acids is 1. The first-order valence-electron chi connectivity index (χ1n) is 5.84. The molecule has 3 N–H and O–H groups in total. The van der Waals surface area contributed by atoms with Crippen LogP contribution in [0.2, 0.25) is 0 Å². The van der Waals surface area contributed by atoms with Gasteiger partial charge in [-0.2, -0.15) is 0 Å². The molecule has 1 amide bonds. The number of rotatable bonds is 3. The quantitative estimate of drug-likeness (QED) is 0.857. The van der Waals surface area contributed by atoms with Crippen molar-refractivity contribution in [3.8, 4) is 0 Å². The van der Waals surface area contributed by atoms with Gasteiger partial charge in [0, 0.05) is 12.4 Å². The smallest absolute Gasteiger partial charge is 0.414 e. The maximum absolute atomic E-state index is 11.5. The van der Waals surface area contributed by atoms with E-state index in [-0.39, 0.29) is 11.9 Å². The van der Waals surface area contributed by atoms with E-state index in [0.717, 1.165) is 5.56 Å². The first kappa shape index (κ1) is 14.4.